The largest absolute Gasteiger partial charge is 0.458 e. The summed E-state index contributed by atoms with van der Waals surface area (Å²) in [6, 6.07) is 9.40. The summed E-state index contributed by atoms with van der Waals surface area (Å²) < 4.78 is 11.1. The minimum atomic E-state index is -0.268. The number of nitrogens with zero attached hydrogens (tertiary/aromatic N) is 2. The lowest BCUT2D eigenvalue weighted by molar-refractivity contribution is -0.152. The molecule has 0 N–H and O–H groups in total. The highest BCUT2D eigenvalue weighted by Crippen LogP contribution is 2.22. The Balaban J connectivity index is 2.07. The highest BCUT2D eigenvalue weighted by atomic mass is 16.5. The average molecular weight is 316 g/mol. The molecule has 0 amide bonds. The number of rotatable bonds is 6. The second-order valence-electron chi connectivity index (χ2n) is 6.15. The molecule has 0 bridgehead atoms. The first kappa shape index (κ1) is 17.2. The highest BCUT2D eigenvalue weighted by Gasteiger charge is 2.26. The molecule has 2 rings (SSSR count). The maximum absolute atomic E-state index is 12.3. The van der Waals surface area contributed by atoms with Crippen molar-refractivity contribution in [1.29, 1.82) is 0 Å². The number of esters is 1. The second-order valence-corrected chi connectivity index (χ2v) is 6.15. The van der Waals surface area contributed by atoms with Crippen molar-refractivity contribution in [1.82, 2.24) is 9.88 Å². The number of hydrogen-bond acceptors (Lipinski definition) is 5. The number of aryl methyl sites for hydroxylation is 1. The molecule has 2 aromatic rings. The van der Waals surface area contributed by atoms with Crippen molar-refractivity contribution in [3.05, 3.63) is 41.8 Å². The minimum absolute atomic E-state index is 0.123. The van der Waals surface area contributed by atoms with Crippen LogP contribution in [0, 0.1) is 12.8 Å². The topological polar surface area (TPSA) is 55.6 Å². The van der Waals surface area contributed by atoms with E-state index < -0.39 is 0 Å². The monoisotopic (exact) mass is 316 g/mol. The SMILES string of the molecule is Cc1oc(-c2ccccc2)nc1COC(=O)[C@H](C(C)C)N(C)C. The van der Waals surface area contributed by atoms with Crippen LogP contribution in [0.1, 0.15) is 25.3 Å². The van der Waals surface area contributed by atoms with E-state index in [0.717, 1.165) is 5.56 Å². The van der Waals surface area contributed by atoms with Crippen LogP contribution in [-0.4, -0.2) is 36.0 Å². The molecule has 124 valence electrons. The van der Waals surface area contributed by atoms with Gasteiger partial charge in [-0.1, -0.05) is 32.0 Å². The number of ether oxygens (including phenoxy) is 1. The van der Waals surface area contributed by atoms with Crippen LogP contribution in [0.15, 0.2) is 34.7 Å². The maximum Gasteiger partial charge on any atom is 0.323 e. The molecule has 0 saturated carbocycles. The molecule has 1 aromatic carbocycles. The molecule has 23 heavy (non-hydrogen) atoms. The summed E-state index contributed by atoms with van der Waals surface area (Å²) in [5.74, 6) is 1.15. The maximum atomic E-state index is 12.3. The number of oxazole rings is 1. The molecule has 1 atom stereocenters. The summed E-state index contributed by atoms with van der Waals surface area (Å²) in [4.78, 5) is 18.6. The molecule has 0 saturated heterocycles. The summed E-state index contributed by atoms with van der Waals surface area (Å²) in [6.07, 6.45) is 0. The summed E-state index contributed by atoms with van der Waals surface area (Å²) in [6.45, 7) is 5.95. The van der Waals surface area contributed by atoms with Gasteiger partial charge >= 0.3 is 5.97 Å². The van der Waals surface area contributed by atoms with Gasteiger partial charge in [0, 0.05) is 5.56 Å². The van der Waals surface area contributed by atoms with E-state index in [9.17, 15) is 4.79 Å². The van der Waals surface area contributed by atoms with Crippen LogP contribution in [0.5, 0.6) is 0 Å². The number of aromatic nitrogens is 1. The third-order valence-electron chi connectivity index (χ3n) is 3.69. The fourth-order valence-electron chi connectivity index (χ4n) is 2.57. The lowest BCUT2D eigenvalue weighted by atomic mass is 10.0. The average Bonchev–Trinajstić information content (AvgIpc) is 2.86. The molecule has 0 radical (unpaired) electrons. The Morgan fingerprint density at radius 2 is 1.91 bits per heavy atom. The molecule has 0 fully saturated rings. The lowest BCUT2D eigenvalue weighted by Gasteiger charge is -2.25. The van der Waals surface area contributed by atoms with E-state index in [1.807, 2.05) is 70.1 Å². The van der Waals surface area contributed by atoms with Gasteiger partial charge in [-0.05, 0) is 39.1 Å². The van der Waals surface area contributed by atoms with Crippen molar-refractivity contribution in [3.8, 4) is 11.5 Å². The lowest BCUT2D eigenvalue weighted by Crippen LogP contribution is -2.41. The molecule has 0 unspecified atom stereocenters. The van der Waals surface area contributed by atoms with E-state index in [0.29, 0.717) is 17.3 Å². The Hall–Kier alpha value is -2.14. The van der Waals surface area contributed by atoms with Crippen LogP contribution in [0.3, 0.4) is 0 Å². The molecule has 0 aliphatic heterocycles. The van der Waals surface area contributed by atoms with Gasteiger partial charge in [0.15, 0.2) is 0 Å². The zero-order valence-corrected chi connectivity index (χ0v) is 14.4. The van der Waals surface area contributed by atoms with E-state index in [-0.39, 0.29) is 24.5 Å². The van der Waals surface area contributed by atoms with Gasteiger partial charge in [-0.3, -0.25) is 9.69 Å². The molecule has 5 heteroatoms. The number of benzene rings is 1. The van der Waals surface area contributed by atoms with Crippen LogP contribution in [0.2, 0.25) is 0 Å². The molecular weight excluding hydrogens is 292 g/mol. The van der Waals surface area contributed by atoms with Gasteiger partial charge in [-0.15, -0.1) is 0 Å². The van der Waals surface area contributed by atoms with Gasteiger partial charge in [0.1, 0.15) is 24.1 Å². The molecule has 0 aliphatic rings. The number of hydrogen-bond donors (Lipinski definition) is 0. The van der Waals surface area contributed by atoms with Crippen molar-refractivity contribution in [3.63, 3.8) is 0 Å². The van der Waals surface area contributed by atoms with E-state index in [1.165, 1.54) is 0 Å². The Morgan fingerprint density at radius 1 is 1.26 bits per heavy atom. The van der Waals surface area contributed by atoms with Gasteiger partial charge in [0.05, 0.1) is 0 Å². The van der Waals surface area contributed by atoms with Crippen molar-refractivity contribution < 1.29 is 13.9 Å². The first-order chi connectivity index (χ1) is 10.9. The Bertz CT molecular complexity index is 640. The number of carbonyl (C=O) groups excluding carboxylic acids is 1. The molecule has 0 spiro atoms. The summed E-state index contributed by atoms with van der Waals surface area (Å²) in [5, 5.41) is 0. The third-order valence-corrected chi connectivity index (χ3v) is 3.69. The van der Waals surface area contributed by atoms with Gasteiger partial charge in [-0.2, -0.15) is 0 Å². The van der Waals surface area contributed by atoms with Crippen LogP contribution < -0.4 is 0 Å². The quantitative estimate of drug-likeness (QED) is 0.766. The van der Waals surface area contributed by atoms with E-state index in [4.69, 9.17) is 9.15 Å². The standard InChI is InChI=1S/C18H24N2O3/c1-12(2)16(20(4)5)18(21)22-11-15-13(3)23-17(19-15)14-9-7-6-8-10-14/h6-10,12,16H,11H2,1-5H3/t16-/m0/s1. The fourth-order valence-corrected chi connectivity index (χ4v) is 2.57. The Kier molecular flexibility index (Phi) is 5.55. The highest BCUT2D eigenvalue weighted by molar-refractivity contribution is 5.76. The molecule has 1 aromatic heterocycles. The predicted octanol–water partition coefficient (Wildman–Crippen LogP) is 3.28. The number of carbonyl (C=O) groups is 1. The smallest absolute Gasteiger partial charge is 0.323 e. The van der Waals surface area contributed by atoms with Gasteiger partial charge in [0.25, 0.3) is 0 Å². The van der Waals surface area contributed by atoms with Crippen LogP contribution in [0.4, 0.5) is 0 Å². The normalized spacial score (nSPS) is 12.7. The Labute approximate surface area is 137 Å². The van der Waals surface area contributed by atoms with E-state index >= 15 is 0 Å². The van der Waals surface area contributed by atoms with Crippen LogP contribution in [-0.2, 0) is 16.1 Å². The summed E-state index contributed by atoms with van der Waals surface area (Å²) >= 11 is 0. The third kappa shape index (κ3) is 4.20. The molecule has 5 nitrogen and oxygen atoms in total. The van der Waals surface area contributed by atoms with Gasteiger partial charge in [0.2, 0.25) is 5.89 Å². The fraction of sp³-hybridized carbons (Fsp3) is 0.444. The van der Waals surface area contributed by atoms with Crippen LogP contribution in [0.25, 0.3) is 11.5 Å². The zero-order chi connectivity index (χ0) is 17.0. The first-order valence-electron chi connectivity index (χ1n) is 7.75. The van der Waals surface area contributed by atoms with E-state index in [1.54, 1.807) is 0 Å². The first-order valence-corrected chi connectivity index (χ1v) is 7.75. The Morgan fingerprint density at radius 3 is 2.48 bits per heavy atom. The van der Waals surface area contributed by atoms with Gasteiger partial charge in [-0.25, -0.2) is 4.98 Å². The minimum Gasteiger partial charge on any atom is -0.458 e. The zero-order valence-electron chi connectivity index (χ0n) is 14.4. The summed E-state index contributed by atoms with van der Waals surface area (Å²) in [7, 11) is 3.75. The van der Waals surface area contributed by atoms with Gasteiger partial charge < -0.3 is 9.15 Å². The summed E-state index contributed by atoms with van der Waals surface area (Å²) in [5.41, 5.74) is 1.56. The second kappa shape index (κ2) is 7.42. The molecular formula is C18H24N2O3. The van der Waals surface area contributed by atoms with Crippen molar-refractivity contribution in [2.75, 3.05) is 14.1 Å². The number of likely N-dealkylation sites (N-methyl/N-ethyl adjacent to an activating group) is 1. The van der Waals surface area contributed by atoms with Crippen LogP contribution >= 0.6 is 0 Å². The van der Waals surface area contributed by atoms with E-state index in [2.05, 4.69) is 4.98 Å². The van der Waals surface area contributed by atoms with Crippen molar-refractivity contribution in [2.24, 2.45) is 5.92 Å². The van der Waals surface area contributed by atoms with Crippen molar-refractivity contribution >= 4 is 5.97 Å². The molecule has 0 aliphatic carbocycles. The van der Waals surface area contributed by atoms with Crippen molar-refractivity contribution in [2.45, 2.75) is 33.4 Å². The molecule has 1 heterocycles. The predicted molar refractivity (Wildman–Crippen MR) is 88.8 cm³/mol.